The van der Waals surface area contributed by atoms with Crippen molar-refractivity contribution in [1.29, 1.82) is 0 Å². The highest BCUT2D eigenvalue weighted by Gasteiger charge is 2.71. The van der Waals surface area contributed by atoms with E-state index in [1.165, 1.54) is 7.11 Å². The number of rotatable bonds is 2. The molecule has 1 heterocycles. The third-order valence-electron chi connectivity index (χ3n) is 5.89. The van der Waals surface area contributed by atoms with E-state index in [4.69, 9.17) is 4.74 Å². The molecule has 2 fully saturated rings. The zero-order valence-corrected chi connectivity index (χ0v) is 12.8. The van der Waals surface area contributed by atoms with E-state index >= 15 is 0 Å². The number of esters is 1. The summed E-state index contributed by atoms with van der Waals surface area (Å²) in [4.78, 5) is 24.5. The molecule has 2 saturated carbocycles. The van der Waals surface area contributed by atoms with Crippen LogP contribution in [0.1, 0.15) is 47.0 Å². The van der Waals surface area contributed by atoms with Crippen LogP contribution in [0.15, 0.2) is 5.10 Å². The molecular weight excluding hydrogens is 256 g/mol. The second-order valence-corrected chi connectivity index (χ2v) is 7.47. The summed E-state index contributed by atoms with van der Waals surface area (Å²) in [6, 6.07) is 0. The highest BCUT2D eigenvalue weighted by atomic mass is 16.5. The highest BCUT2D eigenvalue weighted by molar-refractivity contribution is 6.37. The van der Waals surface area contributed by atoms with Crippen molar-refractivity contribution >= 4 is 17.6 Å². The average molecular weight is 278 g/mol. The van der Waals surface area contributed by atoms with Gasteiger partial charge in [-0.2, -0.15) is 5.10 Å². The Morgan fingerprint density at radius 3 is 2.15 bits per heavy atom. The number of methoxy groups -OCH3 is 1. The second-order valence-electron chi connectivity index (χ2n) is 7.47. The maximum atomic E-state index is 12.8. The van der Waals surface area contributed by atoms with Gasteiger partial charge >= 0.3 is 5.97 Å². The van der Waals surface area contributed by atoms with Crippen molar-refractivity contribution < 1.29 is 14.3 Å². The normalized spacial score (nSPS) is 28.2. The zero-order valence-electron chi connectivity index (χ0n) is 12.8. The number of hydrogen-bond donors (Lipinski definition) is 0. The molecule has 1 aliphatic heterocycles. The van der Waals surface area contributed by atoms with Gasteiger partial charge < -0.3 is 4.74 Å². The minimum Gasteiger partial charge on any atom is -0.464 e. The fraction of sp³-hybridized carbons (Fsp3) is 0.800. The molecule has 0 aromatic rings. The van der Waals surface area contributed by atoms with E-state index < -0.39 is 5.97 Å². The molecule has 0 aromatic carbocycles. The van der Waals surface area contributed by atoms with Gasteiger partial charge in [-0.25, -0.2) is 9.80 Å². The molecule has 0 unspecified atom stereocenters. The standard InChI is InChI=1S/C15H22N2O3/c1-13(2)10(14(13,3)4)11(18)17-15(6-7-15)8-9(16-17)12(19)20-5/h10H,6-8H2,1-5H3. The van der Waals surface area contributed by atoms with Gasteiger partial charge in [0.15, 0.2) is 0 Å². The Balaban J connectivity index is 1.85. The van der Waals surface area contributed by atoms with Crippen LogP contribution in [0.25, 0.3) is 0 Å². The predicted molar refractivity (Wildman–Crippen MR) is 73.9 cm³/mol. The van der Waals surface area contributed by atoms with Crippen LogP contribution >= 0.6 is 0 Å². The van der Waals surface area contributed by atoms with Crippen LogP contribution in [-0.4, -0.2) is 35.2 Å². The van der Waals surface area contributed by atoms with Crippen molar-refractivity contribution in [2.45, 2.75) is 52.5 Å². The van der Waals surface area contributed by atoms with Gasteiger partial charge in [-0.1, -0.05) is 27.7 Å². The Morgan fingerprint density at radius 1 is 1.20 bits per heavy atom. The van der Waals surface area contributed by atoms with Gasteiger partial charge in [0, 0.05) is 6.42 Å². The molecule has 20 heavy (non-hydrogen) atoms. The lowest BCUT2D eigenvalue weighted by Gasteiger charge is -2.21. The maximum Gasteiger partial charge on any atom is 0.354 e. The van der Waals surface area contributed by atoms with E-state index in [9.17, 15) is 9.59 Å². The number of carbonyl (C=O) groups is 2. The lowest BCUT2D eigenvalue weighted by molar-refractivity contribution is -0.136. The summed E-state index contributed by atoms with van der Waals surface area (Å²) in [5.41, 5.74) is 0.137. The molecule has 110 valence electrons. The number of hydrazone groups is 1. The van der Waals surface area contributed by atoms with Crippen LogP contribution in [0.3, 0.4) is 0 Å². The van der Waals surface area contributed by atoms with Gasteiger partial charge in [0.25, 0.3) is 0 Å². The Labute approximate surface area is 119 Å². The summed E-state index contributed by atoms with van der Waals surface area (Å²) in [5.74, 6) is -0.370. The maximum absolute atomic E-state index is 12.8. The van der Waals surface area contributed by atoms with Gasteiger partial charge in [-0.05, 0) is 23.7 Å². The van der Waals surface area contributed by atoms with E-state index in [0.29, 0.717) is 12.1 Å². The summed E-state index contributed by atoms with van der Waals surface area (Å²) < 4.78 is 4.73. The molecule has 5 heteroatoms. The van der Waals surface area contributed by atoms with Crippen molar-refractivity contribution in [3.05, 3.63) is 0 Å². The Bertz CT molecular complexity index is 515. The van der Waals surface area contributed by atoms with Crippen molar-refractivity contribution in [3.63, 3.8) is 0 Å². The first kappa shape index (κ1) is 13.6. The van der Waals surface area contributed by atoms with Crippen molar-refractivity contribution in [2.75, 3.05) is 7.11 Å². The topological polar surface area (TPSA) is 59.0 Å². The molecule has 0 aromatic heterocycles. The molecule has 1 amide bonds. The third-order valence-corrected chi connectivity index (χ3v) is 5.89. The molecule has 0 radical (unpaired) electrons. The number of hydrogen-bond acceptors (Lipinski definition) is 4. The molecule has 5 nitrogen and oxygen atoms in total. The Kier molecular flexibility index (Phi) is 2.46. The average Bonchev–Trinajstić information content (AvgIpc) is 3.11. The van der Waals surface area contributed by atoms with Crippen molar-refractivity contribution in [2.24, 2.45) is 21.8 Å². The van der Waals surface area contributed by atoms with Crippen LogP contribution in [0, 0.1) is 16.7 Å². The van der Waals surface area contributed by atoms with Crippen molar-refractivity contribution in [1.82, 2.24) is 5.01 Å². The fourth-order valence-corrected chi connectivity index (χ4v) is 3.63. The van der Waals surface area contributed by atoms with E-state index in [1.807, 2.05) is 0 Å². The lowest BCUT2D eigenvalue weighted by Crippen LogP contribution is -2.36. The predicted octanol–water partition coefficient (Wildman–Crippen LogP) is 1.96. The van der Waals surface area contributed by atoms with E-state index in [2.05, 4.69) is 32.8 Å². The lowest BCUT2D eigenvalue weighted by atomic mass is 10.0. The van der Waals surface area contributed by atoms with Gasteiger partial charge in [0.1, 0.15) is 5.71 Å². The quantitative estimate of drug-likeness (QED) is 0.725. The van der Waals surface area contributed by atoms with Gasteiger partial charge in [0.05, 0.1) is 18.6 Å². The van der Waals surface area contributed by atoms with E-state index in [1.54, 1.807) is 5.01 Å². The SMILES string of the molecule is COC(=O)C1=NN(C(=O)C2C(C)(C)C2(C)C)C2(CC2)C1. The van der Waals surface area contributed by atoms with Gasteiger partial charge in [0.2, 0.25) is 5.91 Å². The summed E-state index contributed by atoms with van der Waals surface area (Å²) in [7, 11) is 1.35. The van der Waals surface area contributed by atoms with Crippen LogP contribution in [0.4, 0.5) is 0 Å². The number of nitrogens with zero attached hydrogens (tertiary/aromatic N) is 2. The van der Waals surface area contributed by atoms with Crippen molar-refractivity contribution in [3.8, 4) is 0 Å². The molecule has 2 aliphatic carbocycles. The first-order valence-electron chi connectivity index (χ1n) is 7.17. The second kappa shape index (κ2) is 3.62. The van der Waals surface area contributed by atoms with Gasteiger partial charge in [-0.15, -0.1) is 0 Å². The van der Waals surface area contributed by atoms with Crippen LogP contribution in [-0.2, 0) is 14.3 Å². The molecule has 3 aliphatic rings. The summed E-state index contributed by atoms with van der Waals surface area (Å²) in [6.45, 7) is 8.48. The fourth-order valence-electron chi connectivity index (χ4n) is 3.63. The van der Waals surface area contributed by atoms with Crippen LogP contribution < -0.4 is 0 Å². The first-order valence-corrected chi connectivity index (χ1v) is 7.17. The smallest absolute Gasteiger partial charge is 0.354 e. The molecule has 0 saturated heterocycles. The number of carbonyl (C=O) groups excluding carboxylic acids is 2. The van der Waals surface area contributed by atoms with E-state index in [-0.39, 0.29) is 28.2 Å². The number of ether oxygens (including phenoxy) is 1. The summed E-state index contributed by atoms with van der Waals surface area (Å²) >= 11 is 0. The number of amides is 1. The first-order chi connectivity index (χ1) is 9.17. The minimum atomic E-state index is -0.416. The largest absolute Gasteiger partial charge is 0.464 e. The molecule has 0 bridgehead atoms. The molecule has 0 atom stereocenters. The highest BCUT2D eigenvalue weighted by Crippen LogP contribution is 2.69. The van der Waals surface area contributed by atoms with E-state index in [0.717, 1.165) is 12.8 Å². The Morgan fingerprint density at radius 2 is 1.75 bits per heavy atom. The molecule has 1 spiro atoms. The summed E-state index contributed by atoms with van der Waals surface area (Å²) in [6.07, 6.45) is 2.39. The molecule has 0 N–H and O–H groups in total. The zero-order chi connectivity index (χ0) is 14.9. The molecule has 3 rings (SSSR count). The van der Waals surface area contributed by atoms with Crippen LogP contribution in [0.2, 0.25) is 0 Å². The molecular formula is C15H22N2O3. The summed E-state index contributed by atoms with van der Waals surface area (Å²) in [5, 5.41) is 5.89. The Hall–Kier alpha value is -1.39. The monoisotopic (exact) mass is 278 g/mol. The van der Waals surface area contributed by atoms with Crippen LogP contribution in [0.5, 0.6) is 0 Å². The third kappa shape index (κ3) is 1.52. The minimum absolute atomic E-state index is 0.0102. The van der Waals surface area contributed by atoms with Gasteiger partial charge in [-0.3, -0.25) is 4.79 Å².